The first-order valence-corrected chi connectivity index (χ1v) is 6.39. The molecule has 2 rings (SSSR count). The molecule has 1 unspecified atom stereocenters. The molecule has 0 amide bonds. The third-order valence-electron chi connectivity index (χ3n) is 3.22. The molecule has 0 saturated carbocycles. The summed E-state index contributed by atoms with van der Waals surface area (Å²) in [5, 5.41) is 1.89. The number of nitrogens with zero attached hydrogens (tertiary/aromatic N) is 3. The lowest BCUT2D eigenvalue weighted by atomic mass is 9.98. The Kier molecular flexibility index (Phi) is 3.90. The quantitative estimate of drug-likeness (QED) is 0.458. The van der Waals surface area contributed by atoms with E-state index in [9.17, 15) is 0 Å². The van der Waals surface area contributed by atoms with E-state index in [-0.39, 0.29) is 6.04 Å². The normalized spacial score (nSPS) is 18.8. The van der Waals surface area contributed by atoms with Crippen LogP contribution in [0.15, 0.2) is 42.2 Å². The summed E-state index contributed by atoms with van der Waals surface area (Å²) in [7, 11) is 10.2. The summed E-state index contributed by atoms with van der Waals surface area (Å²) in [5.74, 6) is 1.15. The summed E-state index contributed by atoms with van der Waals surface area (Å²) in [6, 6.07) is 10.5. The van der Waals surface area contributed by atoms with E-state index in [1.807, 2.05) is 24.4 Å². The van der Waals surface area contributed by atoms with E-state index in [1.165, 1.54) is 11.1 Å². The van der Waals surface area contributed by atoms with Gasteiger partial charge in [-0.05, 0) is 5.56 Å². The Morgan fingerprint density at radius 1 is 1.21 bits per heavy atom. The van der Waals surface area contributed by atoms with Crippen LogP contribution in [0, 0.1) is 0 Å². The highest BCUT2D eigenvalue weighted by Gasteiger charge is 2.36. The lowest BCUT2D eigenvalue weighted by Gasteiger charge is -2.22. The number of likely N-dealkylation sites (N-methyl/N-ethyl adjacent to an activating group) is 2. The van der Waals surface area contributed by atoms with Gasteiger partial charge in [-0.3, -0.25) is 9.48 Å². The Labute approximate surface area is 115 Å². The summed E-state index contributed by atoms with van der Waals surface area (Å²) in [4.78, 5) is 7.73. The molecular formula is C15H22N3O+. The largest absolute Gasteiger partial charge is 0.412 e. The molecule has 4 heteroatoms. The van der Waals surface area contributed by atoms with Gasteiger partial charge in [-0.1, -0.05) is 30.3 Å². The molecule has 0 fully saturated rings. The third-order valence-corrected chi connectivity index (χ3v) is 3.22. The van der Waals surface area contributed by atoms with Crippen LogP contribution >= 0.6 is 0 Å². The standard InChI is InChI=1S/C15H22N3O/c1-16(2)15(17(3)4)13-11-19-18(5)14(13)12-9-7-6-8-10-12/h6-11,14H,1-5H3/q+1. The summed E-state index contributed by atoms with van der Waals surface area (Å²) < 4.78 is 2.12. The van der Waals surface area contributed by atoms with Gasteiger partial charge in [0.15, 0.2) is 0 Å². The smallest absolute Gasteiger partial charge is 0.279 e. The number of hydroxylamine groups is 2. The van der Waals surface area contributed by atoms with Gasteiger partial charge in [0.05, 0.1) is 28.2 Å². The lowest BCUT2D eigenvalue weighted by molar-refractivity contribution is -0.469. The molecule has 0 bridgehead atoms. The van der Waals surface area contributed by atoms with Crippen molar-refractivity contribution in [1.29, 1.82) is 0 Å². The summed E-state index contributed by atoms with van der Waals surface area (Å²) in [6.45, 7) is 0. The van der Waals surface area contributed by atoms with Crippen LogP contribution < -0.4 is 0 Å². The molecule has 0 spiro atoms. The van der Waals surface area contributed by atoms with Gasteiger partial charge in [0.2, 0.25) is 0 Å². The molecule has 0 aromatic heterocycles. The first-order valence-electron chi connectivity index (χ1n) is 6.39. The van der Waals surface area contributed by atoms with Crippen LogP contribution in [-0.2, 0) is 4.84 Å². The molecule has 0 aliphatic carbocycles. The Morgan fingerprint density at radius 2 is 1.84 bits per heavy atom. The topological polar surface area (TPSA) is 18.7 Å². The van der Waals surface area contributed by atoms with E-state index in [0.29, 0.717) is 0 Å². The van der Waals surface area contributed by atoms with E-state index < -0.39 is 0 Å². The predicted octanol–water partition coefficient (Wildman–Crippen LogP) is 1.72. The summed E-state index contributed by atoms with van der Waals surface area (Å²) in [5.41, 5.74) is 2.40. The van der Waals surface area contributed by atoms with Crippen molar-refractivity contribution in [3.05, 3.63) is 47.7 Å². The minimum absolute atomic E-state index is 0.126. The van der Waals surface area contributed by atoms with Crippen molar-refractivity contribution >= 4 is 5.84 Å². The Balaban J connectivity index is 2.43. The molecule has 0 radical (unpaired) electrons. The molecule has 1 aromatic rings. The molecule has 102 valence electrons. The molecule has 4 nitrogen and oxygen atoms in total. The van der Waals surface area contributed by atoms with Crippen LogP contribution in [-0.4, -0.2) is 55.6 Å². The van der Waals surface area contributed by atoms with Crippen LogP contribution in [0.5, 0.6) is 0 Å². The maximum atomic E-state index is 5.61. The molecule has 1 aliphatic heterocycles. The third kappa shape index (κ3) is 2.63. The van der Waals surface area contributed by atoms with Crippen molar-refractivity contribution in [2.24, 2.45) is 0 Å². The van der Waals surface area contributed by atoms with Crippen molar-refractivity contribution in [1.82, 2.24) is 9.96 Å². The average Bonchev–Trinajstić information content (AvgIpc) is 2.71. The van der Waals surface area contributed by atoms with Gasteiger partial charge in [0, 0.05) is 7.05 Å². The second kappa shape index (κ2) is 5.45. The fraction of sp³-hybridized carbons (Fsp3) is 0.400. The van der Waals surface area contributed by atoms with Gasteiger partial charge in [-0.2, -0.15) is 0 Å². The molecule has 1 heterocycles. The summed E-state index contributed by atoms with van der Waals surface area (Å²) >= 11 is 0. The van der Waals surface area contributed by atoms with Crippen molar-refractivity contribution in [3.63, 3.8) is 0 Å². The fourth-order valence-corrected chi connectivity index (χ4v) is 2.58. The van der Waals surface area contributed by atoms with E-state index in [2.05, 4.69) is 61.9 Å². The Bertz CT molecular complexity index is 501. The number of hydrogen-bond acceptors (Lipinski definition) is 2. The van der Waals surface area contributed by atoms with Crippen molar-refractivity contribution in [2.75, 3.05) is 35.2 Å². The first-order chi connectivity index (χ1) is 9.02. The minimum atomic E-state index is 0.126. The van der Waals surface area contributed by atoms with Crippen LogP contribution in [0.1, 0.15) is 11.6 Å². The zero-order valence-electron chi connectivity index (χ0n) is 12.3. The second-order valence-electron chi connectivity index (χ2n) is 5.15. The first kappa shape index (κ1) is 13.6. The van der Waals surface area contributed by atoms with Gasteiger partial charge in [-0.25, -0.2) is 0 Å². The number of hydrogen-bond donors (Lipinski definition) is 0. The van der Waals surface area contributed by atoms with Gasteiger partial charge < -0.3 is 4.84 Å². The minimum Gasteiger partial charge on any atom is -0.412 e. The van der Waals surface area contributed by atoms with Crippen molar-refractivity contribution in [2.45, 2.75) is 6.04 Å². The molecule has 19 heavy (non-hydrogen) atoms. The molecule has 1 atom stereocenters. The van der Waals surface area contributed by atoms with E-state index in [0.717, 1.165) is 5.84 Å². The SMILES string of the molecule is CN(C)C(C1=CON(C)C1c1ccccc1)=[N+](C)C. The second-order valence-corrected chi connectivity index (χ2v) is 5.15. The van der Waals surface area contributed by atoms with Crippen molar-refractivity contribution < 1.29 is 9.41 Å². The lowest BCUT2D eigenvalue weighted by Crippen LogP contribution is -2.34. The van der Waals surface area contributed by atoms with E-state index in [1.54, 1.807) is 0 Å². The highest BCUT2D eigenvalue weighted by Crippen LogP contribution is 2.33. The average molecular weight is 260 g/mol. The fourth-order valence-electron chi connectivity index (χ4n) is 2.58. The predicted molar refractivity (Wildman–Crippen MR) is 76.9 cm³/mol. The monoisotopic (exact) mass is 260 g/mol. The van der Waals surface area contributed by atoms with Crippen LogP contribution in [0.25, 0.3) is 0 Å². The maximum Gasteiger partial charge on any atom is 0.279 e. The van der Waals surface area contributed by atoms with Gasteiger partial charge in [0.1, 0.15) is 17.9 Å². The Hall–Kier alpha value is -1.81. The zero-order chi connectivity index (χ0) is 14.0. The molecule has 0 saturated heterocycles. The summed E-state index contributed by atoms with van der Waals surface area (Å²) in [6.07, 6.45) is 1.84. The molecule has 1 aliphatic rings. The maximum absolute atomic E-state index is 5.61. The van der Waals surface area contributed by atoms with Crippen LogP contribution in [0.2, 0.25) is 0 Å². The van der Waals surface area contributed by atoms with Crippen LogP contribution in [0.3, 0.4) is 0 Å². The van der Waals surface area contributed by atoms with Crippen molar-refractivity contribution in [3.8, 4) is 0 Å². The van der Waals surface area contributed by atoms with E-state index in [4.69, 9.17) is 4.84 Å². The number of rotatable bonds is 2. The number of benzene rings is 1. The van der Waals surface area contributed by atoms with Gasteiger partial charge >= 0.3 is 0 Å². The molecule has 0 N–H and O–H groups in total. The van der Waals surface area contributed by atoms with Gasteiger partial charge in [-0.15, -0.1) is 5.06 Å². The Morgan fingerprint density at radius 3 is 2.37 bits per heavy atom. The molecular weight excluding hydrogens is 238 g/mol. The zero-order valence-corrected chi connectivity index (χ0v) is 12.3. The highest BCUT2D eigenvalue weighted by atomic mass is 16.7. The number of amidine groups is 1. The molecule has 1 aromatic carbocycles. The van der Waals surface area contributed by atoms with E-state index >= 15 is 0 Å². The highest BCUT2D eigenvalue weighted by molar-refractivity contribution is 5.95. The van der Waals surface area contributed by atoms with Gasteiger partial charge in [0.25, 0.3) is 5.84 Å². The van der Waals surface area contributed by atoms with Crippen LogP contribution in [0.4, 0.5) is 0 Å².